The third-order valence-electron chi connectivity index (χ3n) is 14.9. The maximum Gasteiger partial charge on any atom is 0.305 e. The zero-order valence-corrected chi connectivity index (χ0v) is 48.4. The topological polar surface area (TPSA) is 95.9 Å². The van der Waals surface area contributed by atoms with Crippen LogP contribution in [0.25, 0.3) is 0 Å². The Morgan fingerprint density at radius 3 is 1.08 bits per heavy atom. The van der Waals surface area contributed by atoms with Crippen LogP contribution in [0.3, 0.4) is 0 Å². The number of allylic oxidation sites excluding steroid dienone is 5. The van der Waals surface area contributed by atoms with Crippen LogP contribution < -0.4 is 5.32 Å². The van der Waals surface area contributed by atoms with Gasteiger partial charge in [-0.2, -0.15) is 0 Å². The smallest absolute Gasteiger partial charge is 0.305 e. The van der Waals surface area contributed by atoms with Crippen LogP contribution in [0.15, 0.2) is 36.5 Å². The highest BCUT2D eigenvalue weighted by molar-refractivity contribution is 5.76. The van der Waals surface area contributed by atoms with Crippen molar-refractivity contribution in [1.29, 1.82) is 0 Å². The summed E-state index contributed by atoms with van der Waals surface area (Å²) in [6.45, 7) is 4.89. The molecule has 2 atom stereocenters. The Morgan fingerprint density at radius 1 is 0.389 bits per heavy atom. The number of carbonyl (C=O) groups is 2. The zero-order chi connectivity index (χ0) is 52.2. The Balaban J connectivity index is 3.39. The minimum atomic E-state index is -0.844. The third-order valence-corrected chi connectivity index (χ3v) is 14.9. The summed E-state index contributed by atoms with van der Waals surface area (Å²) in [6, 6.07) is -0.627. The first kappa shape index (κ1) is 70.1. The van der Waals surface area contributed by atoms with Crippen molar-refractivity contribution < 1.29 is 24.5 Å². The van der Waals surface area contributed by atoms with Crippen molar-refractivity contribution in [2.24, 2.45) is 0 Å². The number of carbonyl (C=O) groups excluding carboxylic acids is 2. The van der Waals surface area contributed by atoms with Gasteiger partial charge in [0.2, 0.25) is 5.91 Å². The molecule has 0 aliphatic heterocycles. The minimum Gasteiger partial charge on any atom is -0.466 e. The maximum absolute atomic E-state index is 12.5. The molecule has 0 aromatic heterocycles. The van der Waals surface area contributed by atoms with Crippen molar-refractivity contribution in [2.45, 2.75) is 360 Å². The molecule has 0 radical (unpaired) electrons. The molecule has 0 fully saturated rings. The normalized spacial score (nSPS) is 12.8. The highest BCUT2D eigenvalue weighted by Gasteiger charge is 2.18. The molecule has 0 aromatic rings. The predicted octanol–water partition coefficient (Wildman–Crippen LogP) is 20.4. The number of rotatable bonds is 60. The van der Waals surface area contributed by atoms with Crippen LogP contribution in [0.5, 0.6) is 0 Å². The van der Waals surface area contributed by atoms with Gasteiger partial charge in [-0.1, -0.05) is 307 Å². The van der Waals surface area contributed by atoms with Crippen LogP contribution >= 0.6 is 0 Å². The van der Waals surface area contributed by atoms with Gasteiger partial charge in [0.15, 0.2) is 0 Å². The number of amides is 1. The lowest BCUT2D eigenvalue weighted by Crippen LogP contribution is -2.45. The maximum atomic E-state index is 12.5. The van der Waals surface area contributed by atoms with E-state index < -0.39 is 12.1 Å². The molecule has 0 aliphatic carbocycles. The molecule has 72 heavy (non-hydrogen) atoms. The fraction of sp³-hybridized carbons (Fsp3) is 0.879. The molecule has 0 aliphatic rings. The van der Waals surface area contributed by atoms with Crippen LogP contribution in [-0.2, 0) is 14.3 Å². The van der Waals surface area contributed by atoms with Crippen LogP contribution in [-0.4, -0.2) is 47.4 Å². The average molecular weight is 1010 g/mol. The van der Waals surface area contributed by atoms with Gasteiger partial charge in [-0.05, 0) is 64.2 Å². The summed E-state index contributed by atoms with van der Waals surface area (Å²) in [5, 5.41) is 23.1. The molecule has 0 spiro atoms. The number of unbranched alkanes of at least 4 members (excludes halogenated alkanes) is 45. The van der Waals surface area contributed by atoms with Gasteiger partial charge in [0.05, 0.1) is 25.4 Å². The summed E-state index contributed by atoms with van der Waals surface area (Å²) >= 11 is 0. The van der Waals surface area contributed by atoms with E-state index in [2.05, 4.69) is 43.5 Å². The Bertz CT molecular complexity index is 1170. The second kappa shape index (κ2) is 61.6. The van der Waals surface area contributed by atoms with E-state index in [0.29, 0.717) is 19.4 Å². The van der Waals surface area contributed by atoms with Gasteiger partial charge in [0.1, 0.15) is 0 Å². The number of hydrogen-bond donors (Lipinski definition) is 3. The van der Waals surface area contributed by atoms with Crippen molar-refractivity contribution in [3.05, 3.63) is 36.5 Å². The summed E-state index contributed by atoms with van der Waals surface area (Å²) in [4.78, 5) is 24.6. The van der Waals surface area contributed by atoms with E-state index in [0.717, 1.165) is 51.4 Å². The first-order chi connectivity index (χ1) is 35.5. The van der Waals surface area contributed by atoms with E-state index in [1.54, 1.807) is 6.08 Å². The number of ether oxygens (including phenoxy) is 1. The molecule has 2 unspecified atom stereocenters. The zero-order valence-electron chi connectivity index (χ0n) is 48.4. The Kier molecular flexibility index (Phi) is 60.0. The molecule has 0 saturated carbocycles. The molecule has 0 bridgehead atoms. The SMILES string of the molecule is CCCCC/C=C\C/C=C\CCCCCCCCCC(=O)OCCCCCCCCCCCCCCCCCCCCCCCCCC(=O)NC(CO)C(O)/C=C/CCCCCCCCCCCCCCC. The van der Waals surface area contributed by atoms with Gasteiger partial charge in [-0.3, -0.25) is 9.59 Å². The summed E-state index contributed by atoms with van der Waals surface area (Å²) < 4.78 is 5.49. The second-order valence-electron chi connectivity index (χ2n) is 22.1. The van der Waals surface area contributed by atoms with Crippen molar-refractivity contribution in [3.63, 3.8) is 0 Å². The molecule has 6 heteroatoms. The van der Waals surface area contributed by atoms with Gasteiger partial charge >= 0.3 is 5.97 Å². The van der Waals surface area contributed by atoms with Crippen LogP contribution in [0, 0.1) is 0 Å². The van der Waals surface area contributed by atoms with Gasteiger partial charge in [-0.15, -0.1) is 0 Å². The standard InChI is InChI=1S/C66H125NO5/c1-3-5-7-9-11-13-15-17-19-27-32-36-40-44-48-52-56-60-66(71)72-61-57-53-49-45-41-37-33-29-26-24-22-20-21-23-25-28-31-35-39-43-47-51-55-59-65(70)67-63(62-68)64(69)58-54-50-46-42-38-34-30-18-16-14-12-10-8-6-4-2/h11,13,17,19,54,58,63-64,68-69H,3-10,12,14-16,18,20-53,55-57,59-62H2,1-2H3,(H,67,70)/b13-11-,19-17-,58-54+. The third kappa shape index (κ3) is 57.4. The molecule has 0 saturated heterocycles. The van der Waals surface area contributed by atoms with Gasteiger partial charge in [-0.25, -0.2) is 0 Å². The van der Waals surface area contributed by atoms with Crippen molar-refractivity contribution in [1.82, 2.24) is 5.32 Å². The van der Waals surface area contributed by atoms with E-state index in [1.165, 1.54) is 270 Å². The molecule has 0 heterocycles. The Morgan fingerprint density at radius 2 is 0.694 bits per heavy atom. The van der Waals surface area contributed by atoms with Crippen LogP contribution in [0.1, 0.15) is 348 Å². The summed E-state index contributed by atoms with van der Waals surface area (Å²) in [6.07, 6.45) is 77.6. The van der Waals surface area contributed by atoms with Crippen LogP contribution in [0.2, 0.25) is 0 Å². The van der Waals surface area contributed by atoms with E-state index in [1.807, 2.05) is 6.08 Å². The van der Waals surface area contributed by atoms with Gasteiger partial charge in [0.25, 0.3) is 0 Å². The molecule has 0 aromatic carbocycles. The number of aliphatic hydroxyl groups excluding tert-OH is 2. The predicted molar refractivity (Wildman–Crippen MR) is 315 cm³/mol. The lowest BCUT2D eigenvalue weighted by molar-refractivity contribution is -0.143. The lowest BCUT2D eigenvalue weighted by Gasteiger charge is -2.20. The molecule has 424 valence electrons. The fourth-order valence-electron chi connectivity index (χ4n) is 9.96. The van der Waals surface area contributed by atoms with Crippen molar-refractivity contribution >= 4 is 11.9 Å². The molecule has 6 nitrogen and oxygen atoms in total. The minimum absolute atomic E-state index is 0.00628. The van der Waals surface area contributed by atoms with E-state index in [-0.39, 0.29) is 18.5 Å². The fourth-order valence-corrected chi connectivity index (χ4v) is 9.96. The Hall–Kier alpha value is -1.92. The highest BCUT2D eigenvalue weighted by atomic mass is 16.5. The molecule has 1 amide bonds. The molecular weight excluding hydrogens is 887 g/mol. The van der Waals surface area contributed by atoms with E-state index in [4.69, 9.17) is 4.74 Å². The van der Waals surface area contributed by atoms with Crippen LogP contribution in [0.4, 0.5) is 0 Å². The van der Waals surface area contributed by atoms with Crippen molar-refractivity contribution in [2.75, 3.05) is 13.2 Å². The first-order valence-electron chi connectivity index (χ1n) is 32.3. The number of esters is 1. The number of aliphatic hydroxyl groups is 2. The molecular formula is C66H125NO5. The highest BCUT2D eigenvalue weighted by Crippen LogP contribution is 2.18. The largest absolute Gasteiger partial charge is 0.466 e. The van der Waals surface area contributed by atoms with E-state index in [9.17, 15) is 19.8 Å². The van der Waals surface area contributed by atoms with Gasteiger partial charge in [0, 0.05) is 12.8 Å². The monoisotopic (exact) mass is 1010 g/mol. The summed E-state index contributed by atoms with van der Waals surface area (Å²) in [5.74, 6) is -0.0598. The Labute approximate surface area is 449 Å². The van der Waals surface area contributed by atoms with Gasteiger partial charge < -0.3 is 20.3 Å². The number of nitrogens with one attached hydrogen (secondary N) is 1. The number of hydrogen-bond acceptors (Lipinski definition) is 5. The van der Waals surface area contributed by atoms with Crippen molar-refractivity contribution in [3.8, 4) is 0 Å². The quantitative estimate of drug-likeness (QED) is 0.0320. The summed E-state index contributed by atoms with van der Waals surface area (Å²) in [5.41, 5.74) is 0. The second-order valence-corrected chi connectivity index (χ2v) is 22.1. The molecule has 3 N–H and O–H groups in total. The first-order valence-corrected chi connectivity index (χ1v) is 32.3. The molecule has 0 rings (SSSR count). The summed E-state index contributed by atoms with van der Waals surface area (Å²) in [7, 11) is 0. The lowest BCUT2D eigenvalue weighted by atomic mass is 10.0. The average Bonchev–Trinajstić information content (AvgIpc) is 3.38. The van der Waals surface area contributed by atoms with E-state index >= 15 is 0 Å².